The quantitative estimate of drug-likeness (QED) is 0.396. The lowest BCUT2D eigenvalue weighted by molar-refractivity contribution is 0.120. The fraction of sp³-hybridized carbons (Fsp3) is 0.391. The number of pyridine rings is 1. The Morgan fingerprint density at radius 1 is 1.18 bits per heavy atom. The Hall–Kier alpha value is -3.17. The van der Waals surface area contributed by atoms with Gasteiger partial charge in [0.2, 0.25) is 0 Å². The van der Waals surface area contributed by atoms with Gasteiger partial charge < -0.3 is 20.1 Å². The maximum absolute atomic E-state index is 6.29. The van der Waals surface area contributed by atoms with Gasteiger partial charge in [0, 0.05) is 43.2 Å². The summed E-state index contributed by atoms with van der Waals surface area (Å²) in [5.74, 6) is 2.01. The van der Waals surface area contributed by atoms with Gasteiger partial charge in [-0.2, -0.15) is 5.10 Å². The summed E-state index contributed by atoms with van der Waals surface area (Å²) in [4.78, 5) is 4.67. The number of aromatic nitrogens is 5. The maximum Gasteiger partial charge on any atom is 0.158 e. The average molecular weight is 468 g/mol. The van der Waals surface area contributed by atoms with E-state index in [9.17, 15) is 0 Å². The Balaban J connectivity index is 1.50. The lowest BCUT2D eigenvalue weighted by atomic mass is 10.1. The summed E-state index contributed by atoms with van der Waals surface area (Å²) in [7, 11) is 1.60. The molecule has 9 nitrogen and oxygen atoms in total. The Morgan fingerprint density at radius 2 is 2.06 bits per heavy atom. The zero-order chi connectivity index (χ0) is 22.8. The molecule has 172 valence electrons. The van der Waals surface area contributed by atoms with Crippen LogP contribution in [0.2, 0.25) is 5.02 Å². The van der Waals surface area contributed by atoms with Crippen molar-refractivity contribution in [1.29, 1.82) is 0 Å². The SMILES string of the molecule is CCn1ncc2c3c(NCc4ccc(OC)c(Cl)c4)nnc(NCC4CCCO4)c3cnc21. The van der Waals surface area contributed by atoms with Crippen LogP contribution in [0.1, 0.15) is 25.3 Å². The van der Waals surface area contributed by atoms with E-state index in [1.54, 1.807) is 7.11 Å². The molecule has 4 aromatic rings. The van der Waals surface area contributed by atoms with Gasteiger partial charge in [0.15, 0.2) is 17.3 Å². The summed E-state index contributed by atoms with van der Waals surface area (Å²) in [5, 5.41) is 23.6. The molecule has 1 aromatic carbocycles. The number of hydrogen-bond acceptors (Lipinski definition) is 8. The van der Waals surface area contributed by atoms with Crippen LogP contribution in [0.15, 0.2) is 30.6 Å². The number of rotatable bonds is 8. The van der Waals surface area contributed by atoms with Crippen molar-refractivity contribution in [1.82, 2.24) is 25.0 Å². The third-order valence-electron chi connectivity index (χ3n) is 5.91. The zero-order valence-electron chi connectivity index (χ0n) is 18.6. The van der Waals surface area contributed by atoms with Gasteiger partial charge in [-0.15, -0.1) is 10.2 Å². The van der Waals surface area contributed by atoms with Crippen molar-refractivity contribution in [2.75, 3.05) is 30.9 Å². The van der Waals surface area contributed by atoms with Gasteiger partial charge in [-0.25, -0.2) is 9.67 Å². The predicted molar refractivity (Wildman–Crippen MR) is 129 cm³/mol. The molecular formula is C23H26ClN7O2. The third kappa shape index (κ3) is 4.26. The Bertz CT molecular complexity index is 1290. The summed E-state index contributed by atoms with van der Waals surface area (Å²) in [6.07, 6.45) is 6.02. The number of methoxy groups -OCH3 is 1. The minimum absolute atomic E-state index is 0.194. The van der Waals surface area contributed by atoms with Crippen LogP contribution in [0.25, 0.3) is 21.8 Å². The standard InChI is InChI=1S/C23H26ClN7O2/c1-3-31-23-17(13-28-31)20-16(12-27-23)21(26-11-15-5-4-8-33-15)29-30-22(20)25-10-14-6-7-19(32-2)18(24)9-14/h6-7,9,12-13,15H,3-5,8,10-11H2,1-2H3,(H,25,30)(H,26,29). The first-order chi connectivity index (χ1) is 16.2. The summed E-state index contributed by atoms with van der Waals surface area (Å²) < 4.78 is 12.9. The molecule has 2 N–H and O–H groups in total. The molecular weight excluding hydrogens is 442 g/mol. The fourth-order valence-corrected chi connectivity index (χ4v) is 4.45. The van der Waals surface area contributed by atoms with E-state index in [4.69, 9.17) is 21.1 Å². The number of benzene rings is 1. The smallest absolute Gasteiger partial charge is 0.158 e. The van der Waals surface area contributed by atoms with Gasteiger partial charge in [-0.1, -0.05) is 17.7 Å². The molecule has 10 heteroatoms. The highest BCUT2D eigenvalue weighted by molar-refractivity contribution is 6.32. The van der Waals surface area contributed by atoms with Crippen molar-refractivity contribution in [3.05, 3.63) is 41.2 Å². The van der Waals surface area contributed by atoms with E-state index >= 15 is 0 Å². The lowest BCUT2D eigenvalue weighted by Gasteiger charge is -2.15. The number of nitrogens with zero attached hydrogens (tertiary/aromatic N) is 5. The molecule has 0 spiro atoms. The van der Waals surface area contributed by atoms with Crippen LogP contribution in [0.4, 0.5) is 11.6 Å². The molecule has 0 bridgehead atoms. The highest BCUT2D eigenvalue weighted by Crippen LogP contribution is 2.33. The first-order valence-electron chi connectivity index (χ1n) is 11.1. The molecule has 0 radical (unpaired) electrons. The van der Waals surface area contributed by atoms with E-state index in [0.29, 0.717) is 35.5 Å². The molecule has 1 saturated heterocycles. The Kier molecular flexibility index (Phi) is 6.15. The first kappa shape index (κ1) is 21.7. The van der Waals surface area contributed by atoms with Crippen LogP contribution >= 0.6 is 11.6 Å². The maximum atomic E-state index is 6.29. The van der Waals surface area contributed by atoms with E-state index in [0.717, 1.165) is 53.4 Å². The van der Waals surface area contributed by atoms with Crippen LogP contribution in [-0.4, -0.2) is 51.3 Å². The molecule has 5 rings (SSSR count). The van der Waals surface area contributed by atoms with Crippen LogP contribution < -0.4 is 15.4 Å². The van der Waals surface area contributed by atoms with Crippen molar-refractivity contribution >= 4 is 45.0 Å². The number of fused-ring (bicyclic) bond motifs is 3. The van der Waals surface area contributed by atoms with Crippen molar-refractivity contribution in [3.63, 3.8) is 0 Å². The summed E-state index contributed by atoms with van der Waals surface area (Å²) in [6.45, 7) is 4.81. The molecule has 4 heterocycles. The van der Waals surface area contributed by atoms with Gasteiger partial charge in [0.1, 0.15) is 5.75 Å². The molecule has 1 aliphatic heterocycles. The number of ether oxygens (including phenoxy) is 2. The van der Waals surface area contributed by atoms with E-state index in [-0.39, 0.29) is 6.10 Å². The minimum Gasteiger partial charge on any atom is -0.495 e. The highest BCUT2D eigenvalue weighted by atomic mass is 35.5. The molecule has 0 aliphatic carbocycles. The predicted octanol–water partition coefficient (Wildman–Crippen LogP) is 4.26. The molecule has 1 atom stereocenters. The molecule has 1 fully saturated rings. The number of nitrogens with one attached hydrogen (secondary N) is 2. The van der Waals surface area contributed by atoms with Crippen LogP contribution in [0, 0.1) is 0 Å². The molecule has 1 aliphatic rings. The number of anilines is 2. The van der Waals surface area contributed by atoms with E-state index in [2.05, 4.69) is 30.9 Å². The molecule has 1 unspecified atom stereocenters. The monoisotopic (exact) mass is 467 g/mol. The third-order valence-corrected chi connectivity index (χ3v) is 6.20. The van der Waals surface area contributed by atoms with Crippen molar-refractivity contribution < 1.29 is 9.47 Å². The largest absolute Gasteiger partial charge is 0.495 e. The topological polar surface area (TPSA) is 99.0 Å². The van der Waals surface area contributed by atoms with Gasteiger partial charge in [-0.3, -0.25) is 0 Å². The van der Waals surface area contributed by atoms with Crippen molar-refractivity contribution in [3.8, 4) is 5.75 Å². The number of halogens is 1. The van der Waals surface area contributed by atoms with Crippen LogP contribution in [0.5, 0.6) is 5.75 Å². The summed E-state index contributed by atoms with van der Waals surface area (Å²) >= 11 is 6.29. The second-order valence-corrected chi connectivity index (χ2v) is 8.39. The Labute approximate surface area is 196 Å². The molecule has 0 saturated carbocycles. The molecule has 3 aromatic heterocycles. The van der Waals surface area contributed by atoms with Crippen LogP contribution in [0.3, 0.4) is 0 Å². The zero-order valence-corrected chi connectivity index (χ0v) is 19.4. The van der Waals surface area contributed by atoms with E-state index < -0.39 is 0 Å². The van der Waals surface area contributed by atoms with Gasteiger partial charge in [0.25, 0.3) is 0 Å². The fourth-order valence-electron chi connectivity index (χ4n) is 4.17. The van der Waals surface area contributed by atoms with Crippen molar-refractivity contribution in [2.24, 2.45) is 0 Å². The lowest BCUT2D eigenvalue weighted by Crippen LogP contribution is -2.19. The van der Waals surface area contributed by atoms with E-state index in [1.807, 2.05) is 42.2 Å². The first-order valence-corrected chi connectivity index (χ1v) is 11.5. The highest BCUT2D eigenvalue weighted by Gasteiger charge is 2.19. The van der Waals surface area contributed by atoms with Crippen LogP contribution in [-0.2, 0) is 17.8 Å². The number of hydrogen-bond donors (Lipinski definition) is 2. The molecule has 33 heavy (non-hydrogen) atoms. The van der Waals surface area contributed by atoms with Crippen molar-refractivity contribution in [2.45, 2.75) is 39.0 Å². The van der Waals surface area contributed by atoms with E-state index in [1.165, 1.54) is 0 Å². The van der Waals surface area contributed by atoms with Gasteiger partial charge in [0.05, 0.1) is 29.8 Å². The second-order valence-electron chi connectivity index (χ2n) is 7.98. The normalized spacial score (nSPS) is 15.9. The number of aryl methyl sites for hydroxylation is 1. The minimum atomic E-state index is 0.194. The molecule has 0 amide bonds. The average Bonchev–Trinajstić information content (AvgIpc) is 3.51. The summed E-state index contributed by atoms with van der Waals surface area (Å²) in [6, 6.07) is 5.71. The summed E-state index contributed by atoms with van der Waals surface area (Å²) in [5.41, 5.74) is 1.82. The Morgan fingerprint density at radius 3 is 2.82 bits per heavy atom. The second kappa shape index (κ2) is 9.36. The van der Waals surface area contributed by atoms with Gasteiger partial charge in [-0.05, 0) is 37.5 Å². The van der Waals surface area contributed by atoms with Gasteiger partial charge >= 0.3 is 0 Å².